The van der Waals surface area contributed by atoms with Gasteiger partial charge in [0.15, 0.2) is 11.5 Å². The van der Waals surface area contributed by atoms with Crippen LogP contribution in [0, 0.1) is 0 Å². The van der Waals surface area contributed by atoms with Crippen LogP contribution < -0.4 is 0 Å². The molecule has 0 radical (unpaired) electrons. The quantitative estimate of drug-likeness (QED) is 0.706. The monoisotopic (exact) mass is 416 g/mol. The third-order valence-corrected chi connectivity index (χ3v) is 7.47. The van der Waals surface area contributed by atoms with Crippen LogP contribution in [0.4, 0.5) is 0 Å². The number of ketones is 1. The maximum atomic E-state index is 12.9. The average molecular weight is 417 g/mol. The molecular formula is C20H24N4O4S. The van der Waals surface area contributed by atoms with E-state index in [9.17, 15) is 18.0 Å². The van der Waals surface area contributed by atoms with Gasteiger partial charge in [-0.2, -0.15) is 9.40 Å². The Bertz CT molecular complexity index is 1010. The van der Waals surface area contributed by atoms with Crippen LogP contribution in [0.2, 0.25) is 0 Å². The van der Waals surface area contributed by atoms with Crippen LogP contribution >= 0.6 is 0 Å². The van der Waals surface area contributed by atoms with E-state index in [1.165, 1.54) is 35.5 Å². The Morgan fingerprint density at radius 1 is 0.966 bits per heavy atom. The molecule has 1 aromatic carbocycles. The number of aryl methyl sites for hydroxylation is 2. The van der Waals surface area contributed by atoms with Crippen molar-refractivity contribution in [2.24, 2.45) is 0 Å². The molecule has 1 saturated heterocycles. The molecule has 2 aliphatic heterocycles. The molecule has 1 fully saturated rings. The number of benzene rings is 1. The zero-order valence-electron chi connectivity index (χ0n) is 16.4. The molecule has 29 heavy (non-hydrogen) atoms. The van der Waals surface area contributed by atoms with Crippen LogP contribution in [0.3, 0.4) is 0 Å². The van der Waals surface area contributed by atoms with Gasteiger partial charge in [-0.1, -0.05) is 12.1 Å². The molecule has 0 N–H and O–H groups in total. The molecule has 2 aliphatic rings. The minimum Gasteiger partial charge on any atom is -0.335 e. The fourth-order valence-electron chi connectivity index (χ4n) is 3.83. The predicted molar refractivity (Wildman–Crippen MR) is 106 cm³/mol. The highest BCUT2D eigenvalue weighted by atomic mass is 32.2. The summed E-state index contributed by atoms with van der Waals surface area (Å²) >= 11 is 0. The molecule has 0 unspecified atom stereocenters. The van der Waals surface area contributed by atoms with Gasteiger partial charge in [0.25, 0.3) is 5.91 Å². The van der Waals surface area contributed by atoms with Gasteiger partial charge in [0, 0.05) is 44.0 Å². The number of carbonyl (C=O) groups excluding carboxylic acids is 2. The molecule has 0 atom stereocenters. The average Bonchev–Trinajstić information content (AvgIpc) is 3.17. The Kier molecular flexibility index (Phi) is 5.26. The van der Waals surface area contributed by atoms with Crippen molar-refractivity contribution in [1.82, 2.24) is 19.0 Å². The molecule has 1 amide bonds. The number of Topliss-reactive ketones (excluding diaryl/α,β-unsaturated/α-hetero) is 1. The fourth-order valence-corrected chi connectivity index (χ4v) is 5.25. The van der Waals surface area contributed by atoms with Crippen LogP contribution in [0.1, 0.15) is 46.3 Å². The van der Waals surface area contributed by atoms with Crippen molar-refractivity contribution < 1.29 is 18.0 Å². The lowest BCUT2D eigenvalue weighted by Crippen LogP contribution is -2.50. The van der Waals surface area contributed by atoms with E-state index in [1.807, 2.05) is 10.7 Å². The van der Waals surface area contributed by atoms with E-state index in [2.05, 4.69) is 5.10 Å². The molecule has 0 bridgehead atoms. The first-order valence-electron chi connectivity index (χ1n) is 9.83. The Morgan fingerprint density at radius 2 is 1.66 bits per heavy atom. The van der Waals surface area contributed by atoms with Crippen molar-refractivity contribution in [3.63, 3.8) is 0 Å². The van der Waals surface area contributed by atoms with Gasteiger partial charge in [-0.15, -0.1) is 0 Å². The molecule has 0 aliphatic carbocycles. The second-order valence-corrected chi connectivity index (χ2v) is 9.42. The van der Waals surface area contributed by atoms with Gasteiger partial charge in [-0.05, 0) is 44.4 Å². The summed E-state index contributed by atoms with van der Waals surface area (Å²) in [6, 6.07) is 7.82. The minimum atomic E-state index is -3.66. The number of aromatic nitrogens is 2. The summed E-state index contributed by atoms with van der Waals surface area (Å²) in [5.74, 6) is -0.253. The van der Waals surface area contributed by atoms with Crippen LogP contribution in [0.5, 0.6) is 0 Å². The minimum absolute atomic E-state index is 0.109. The Labute approximate surface area is 170 Å². The molecule has 0 saturated carbocycles. The molecule has 9 heteroatoms. The van der Waals surface area contributed by atoms with Gasteiger partial charge in [0.05, 0.1) is 4.90 Å². The van der Waals surface area contributed by atoms with Crippen LogP contribution in [-0.4, -0.2) is 65.3 Å². The van der Waals surface area contributed by atoms with E-state index in [-0.39, 0.29) is 29.7 Å². The second kappa shape index (κ2) is 7.72. The molecule has 1 aromatic heterocycles. The number of hydrogen-bond acceptors (Lipinski definition) is 5. The van der Waals surface area contributed by atoms with E-state index in [1.54, 1.807) is 4.90 Å². The molecular weight excluding hydrogens is 392 g/mol. The Balaban J connectivity index is 1.42. The first-order valence-corrected chi connectivity index (χ1v) is 11.3. The number of fused-ring (bicyclic) bond motifs is 1. The molecule has 8 nitrogen and oxygen atoms in total. The van der Waals surface area contributed by atoms with Crippen molar-refractivity contribution in [3.05, 3.63) is 47.3 Å². The number of piperazine rings is 1. The third-order valence-electron chi connectivity index (χ3n) is 5.56. The fraction of sp³-hybridized carbons (Fsp3) is 0.450. The predicted octanol–water partition coefficient (Wildman–Crippen LogP) is 1.57. The summed E-state index contributed by atoms with van der Waals surface area (Å²) in [7, 11) is -3.66. The number of nitrogens with zero attached hydrogens (tertiary/aromatic N) is 4. The maximum absolute atomic E-state index is 12.9. The number of hydrogen-bond donors (Lipinski definition) is 0. The summed E-state index contributed by atoms with van der Waals surface area (Å²) in [4.78, 5) is 26.0. The van der Waals surface area contributed by atoms with Gasteiger partial charge >= 0.3 is 0 Å². The largest absolute Gasteiger partial charge is 0.335 e. The summed E-state index contributed by atoms with van der Waals surface area (Å²) < 4.78 is 29.0. The number of rotatable bonds is 4. The molecule has 2 aromatic rings. The summed E-state index contributed by atoms with van der Waals surface area (Å²) in [5.41, 5.74) is 2.01. The molecule has 3 heterocycles. The lowest BCUT2D eigenvalue weighted by Gasteiger charge is -2.33. The summed E-state index contributed by atoms with van der Waals surface area (Å²) in [6.07, 6.45) is 3.13. The highest BCUT2D eigenvalue weighted by molar-refractivity contribution is 7.89. The van der Waals surface area contributed by atoms with E-state index in [0.29, 0.717) is 24.3 Å². The number of carbonyl (C=O) groups is 2. The van der Waals surface area contributed by atoms with Gasteiger partial charge in [0.1, 0.15) is 0 Å². The van der Waals surface area contributed by atoms with E-state index < -0.39 is 10.0 Å². The highest BCUT2D eigenvalue weighted by Gasteiger charge is 2.31. The topological polar surface area (TPSA) is 92.6 Å². The van der Waals surface area contributed by atoms with Crippen LogP contribution in [0.25, 0.3) is 0 Å². The normalized spacial score (nSPS) is 17.8. The van der Waals surface area contributed by atoms with Gasteiger partial charge in [-0.25, -0.2) is 8.42 Å². The second-order valence-electron chi connectivity index (χ2n) is 7.48. The Hall–Kier alpha value is -2.52. The zero-order valence-corrected chi connectivity index (χ0v) is 17.2. The smallest absolute Gasteiger partial charge is 0.274 e. The standard InChI is InChI=1S/C20H24N4O4S/c1-15(25)16-5-7-18(8-6-16)29(27,28)23-12-10-22(11-13-23)20(26)19-14-17-4-2-3-9-24(17)21-19/h5-8,14H,2-4,9-13H2,1H3. The van der Waals surface area contributed by atoms with Crippen molar-refractivity contribution in [3.8, 4) is 0 Å². The SMILES string of the molecule is CC(=O)c1ccc(S(=O)(=O)N2CCN(C(=O)c3cc4n(n3)CCCC4)CC2)cc1. The van der Waals surface area contributed by atoms with Gasteiger partial charge < -0.3 is 4.90 Å². The molecule has 4 rings (SSSR count). The molecule has 0 spiro atoms. The van der Waals surface area contributed by atoms with E-state index in [0.717, 1.165) is 31.5 Å². The first kappa shape index (κ1) is 19.8. The number of amides is 1. The van der Waals surface area contributed by atoms with Crippen molar-refractivity contribution in [2.75, 3.05) is 26.2 Å². The highest BCUT2D eigenvalue weighted by Crippen LogP contribution is 2.20. The number of sulfonamides is 1. The van der Waals surface area contributed by atoms with Gasteiger partial charge in [-0.3, -0.25) is 14.3 Å². The maximum Gasteiger partial charge on any atom is 0.274 e. The Morgan fingerprint density at radius 3 is 2.28 bits per heavy atom. The van der Waals surface area contributed by atoms with Crippen molar-refractivity contribution in [1.29, 1.82) is 0 Å². The lowest BCUT2D eigenvalue weighted by atomic mass is 10.1. The van der Waals surface area contributed by atoms with E-state index in [4.69, 9.17) is 0 Å². The lowest BCUT2D eigenvalue weighted by molar-refractivity contribution is 0.0691. The summed E-state index contributed by atoms with van der Waals surface area (Å²) in [6.45, 7) is 3.40. The van der Waals surface area contributed by atoms with Crippen LogP contribution in [0.15, 0.2) is 35.2 Å². The first-order chi connectivity index (χ1) is 13.9. The van der Waals surface area contributed by atoms with Gasteiger partial charge in [0.2, 0.25) is 10.0 Å². The summed E-state index contributed by atoms with van der Waals surface area (Å²) in [5, 5.41) is 4.43. The van der Waals surface area contributed by atoms with Crippen molar-refractivity contribution >= 4 is 21.7 Å². The van der Waals surface area contributed by atoms with E-state index >= 15 is 0 Å². The van der Waals surface area contributed by atoms with Crippen LogP contribution in [-0.2, 0) is 23.0 Å². The van der Waals surface area contributed by atoms with Crippen molar-refractivity contribution in [2.45, 2.75) is 37.6 Å². The molecule has 154 valence electrons. The third kappa shape index (κ3) is 3.84. The zero-order chi connectivity index (χ0) is 20.6.